The van der Waals surface area contributed by atoms with Gasteiger partial charge in [0.2, 0.25) is 5.91 Å². The van der Waals surface area contributed by atoms with E-state index in [9.17, 15) is 9.59 Å². The van der Waals surface area contributed by atoms with Crippen molar-refractivity contribution in [3.63, 3.8) is 0 Å². The van der Waals surface area contributed by atoms with Crippen molar-refractivity contribution < 1.29 is 9.59 Å². The molecular formula is C21H26ClN5O2. The molecule has 0 saturated carbocycles. The average Bonchev–Trinajstić information content (AvgIpc) is 2.66. The highest BCUT2D eigenvalue weighted by atomic mass is 35.5. The molecule has 0 bridgehead atoms. The summed E-state index contributed by atoms with van der Waals surface area (Å²) >= 11 is 6.11. The van der Waals surface area contributed by atoms with Gasteiger partial charge in [-0.25, -0.2) is 0 Å². The zero-order valence-corrected chi connectivity index (χ0v) is 17.5. The summed E-state index contributed by atoms with van der Waals surface area (Å²) in [5.74, 6) is -0.673. The maximum atomic E-state index is 12.6. The van der Waals surface area contributed by atoms with Crippen LogP contribution in [0.5, 0.6) is 0 Å². The van der Waals surface area contributed by atoms with E-state index in [0.717, 1.165) is 11.3 Å². The Morgan fingerprint density at radius 3 is 2.48 bits per heavy atom. The van der Waals surface area contributed by atoms with E-state index in [2.05, 4.69) is 16.0 Å². The van der Waals surface area contributed by atoms with Crippen LogP contribution in [0.2, 0.25) is 5.02 Å². The molecule has 0 saturated heterocycles. The molecule has 154 valence electrons. The second-order valence-corrected chi connectivity index (χ2v) is 7.31. The predicted molar refractivity (Wildman–Crippen MR) is 118 cm³/mol. The molecule has 0 aromatic heterocycles. The monoisotopic (exact) mass is 415 g/mol. The first-order chi connectivity index (χ1) is 13.7. The normalized spacial score (nSPS) is 10.5. The van der Waals surface area contributed by atoms with Gasteiger partial charge >= 0.3 is 0 Å². The van der Waals surface area contributed by atoms with Gasteiger partial charge < -0.3 is 21.7 Å². The van der Waals surface area contributed by atoms with Crippen LogP contribution in [0.4, 0.5) is 11.4 Å². The summed E-state index contributed by atoms with van der Waals surface area (Å²) in [7, 11) is 0. The standard InChI is InChI=1S/C21H26ClN5O2/c1-4-25-18-9-13(19(23)24)5-6-14(18)11-26-21(29)15-7-16(22)10-17(8-15)27-20(28)12(2)3/h5-10,12,25H,4,11H2,1-3H3,(H3,23,24)(H,26,29)(H,27,28). The van der Waals surface area contributed by atoms with Crippen molar-refractivity contribution in [2.24, 2.45) is 11.7 Å². The molecule has 6 N–H and O–H groups in total. The Kier molecular flexibility index (Phi) is 7.61. The molecule has 2 aromatic rings. The molecule has 2 amide bonds. The summed E-state index contributed by atoms with van der Waals surface area (Å²) < 4.78 is 0. The Labute approximate surface area is 175 Å². The summed E-state index contributed by atoms with van der Waals surface area (Å²) in [5.41, 5.74) is 8.65. The van der Waals surface area contributed by atoms with Crippen molar-refractivity contribution in [1.82, 2.24) is 5.32 Å². The lowest BCUT2D eigenvalue weighted by atomic mass is 10.1. The number of benzene rings is 2. The number of nitrogens with two attached hydrogens (primary N) is 1. The molecule has 0 spiro atoms. The van der Waals surface area contributed by atoms with Crippen LogP contribution in [0.1, 0.15) is 42.3 Å². The van der Waals surface area contributed by atoms with Gasteiger partial charge in [-0.1, -0.05) is 37.6 Å². The van der Waals surface area contributed by atoms with Gasteiger partial charge in [-0.05, 0) is 36.8 Å². The van der Waals surface area contributed by atoms with Crippen molar-refractivity contribution in [2.75, 3.05) is 17.2 Å². The Morgan fingerprint density at radius 2 is 1.86 bits per heavy atom. The number of anilines is 2. The summed E-state index contributed by atoms with van der Waals surface area (Å²) in [4.78, 5) is 24.5. The molecule has 0 aliphatic carbocycles. The third-order valence-electron chi connectivity index (χ3n) is 4.18. The fourth-order valence-electron chi connectivity index (χ4n) is 2.61. The highest BCUT2D eigenvalue weighted by Crippen LogP contribution is 2.21. The number of nitrogens with one attached hydrogen (secondary N) is 4. The van der Waals surface area contributed by atoms with E-state index >= 15 is 0 Å². The highest BCUT2D eigenvalue weighted by Gasteiger charge is 2.13. The number of carbonyl (C=O) groups excluding carboxylic acids is 2. The number of hydrogen-bond donors (Lipinski definition) is 5. The summed E-state index contributed by atoms with van der Waals surface area (Å²) in [5, 5.41) is 16.7. The van der Waals surface area contributed by atoms with Gasteiger partial charge in [-0.2, -0.15) is 0 Å². The lowest BCUT2D eigenvalue weighted by molar-refractivity contribution is -0.118. The largest absolute Gasteiger partial charge is 0.385 e. The van der Waals surface area contributed by atoms with Gasteiger partial charge in [0.25, 0.3) is 5.91 Å². The van der Waals surface area contributed by atoms with Crippen LogP contribution in [0.25, 0.3) is 0 Å². The number of rotatable bonds is 8. The topological polar surface area (TPSA) is 120 Å². The van der Waals surface area contributed by atoms with E-state index in [1.165, 1.54) is 0 Å². The van der Waals surface area contributed by atoms with Crippen molar-refractivity contribution in [3.05, 3.63) is 58.1 Å². The van der Waals surface area contributed by atoms with E-state index in [-0.39, 0.29) is 30.1 Å². The van der Waals surface area contributed by atoms with Crippen molar-refractivity contribution >= 4 is 40.6 Å². The molecule has 29 heavy (non-hydrogen) atoms. The van der Waals surface area contributed by atoms with Crippen LogP contribution in [-0.4, -0.2) is 24.2 Å². The molecule has 0 heterocycles. The van der Waals surface area contributed by atoms with Crippen molar-refractivity contribution in [1.29, 1.82) is 5.41 Å². The molecule has 0 aliphatic rings. The molecule has 7 nitrogen and oxygen atoms in total. The zero-order chi connectivity index (χ0) is 21.6. The van der Waals surface area contributed by atoms with Crippen molar-refractivity contribution in [3.8, 4) is 0 Å². The molecule has 0 unspecified atom stereocenters. The molecule has 0 radical (unpaired) electrons. The van der Waals surface area contributed by atoms with E-state index in [4.69, 9.17) is 22.7 Å². The molecule has 2 aromatic carbocycles. The van der Waals surface area contributed by atoms with E-state index in [1.807, 2.05) is 13.0 Å². The molecule has 8 heteroatoms. The smallest absolute Gasteiger partial charge is 0.251 e. The van der Waals surface area contributed by atoms with Crippen molar-refractivity contribution in [2.45, 2.75) is 27.3 Å². The van der Waals surface area contributed by atoms with Crippen LogP contribution < -0.4 is 21.7 Å². The Balaban J connectivity index is 2.16. The Bertz CT molecular complexity index is 927. The molecule has 0 atom stereocenters. The number of carbonyl (C=O) groups is 2. The van der Waals surface area contributed by atoms with Crippen LogP contribution in [0, 0.1) is 11.3 Å². The van der Waals surface area contributed by atoms with Crippen LogP contribution in [0.15, 0.2) is 36.4 Å². The van der Waals surface area contributed by atoms with E-state index in [0.29, 0.717) is 28.4 Å². The SMILES string of the molecule is CCNc1cc(C(=N)N)ccc1CNC(=O)c1cc(Cl)cc(NC(=O)C(C)C)c1. The minimum absolute atomic E-state index is 0.0189. The molecular weight excluding hydrogens is 390 g/mol. The van der Waals surface area contributed by atoms with Gasteiger partial charge in [0.05, 0.1) is 0 Å². The minimum atomic E-state index is -0.314. The number of amidine groups is 1. The van der Waals surface area contributed by atoms with Crippen LogP contribution in [-0.2, 0) is 11.3 Å². The third-order valence-corrected chi connectivity index (χ3v) is 4.40. The fraction of sp³-hybridized carbons (Fsp3) is 0.286. The number of amides is 2. The lowest BCUT2D eigenvalue weighted by Crippen LogP contribution is -2.24. The lowest BCUT2D eigenvalue weighted by Gasteiger charge is -2.14. The molecule has 2 rings (SSSR count). The fourth-order valence-corrected chi connectivity index (χ4v) is 2.85. The quantitative estimate of drug-likeness (QED) is 0.334. The second-order valence-electron chi connectivity index (χ2n) is 6.87. The third kappa shape index (κ3) is 6.22. The first kappa shape index (κ1) is 22.2. The summed E-state index contributed by atoms with van der Waals surface area (Å²) in [6.45, 7) is 6.50. The zero-order valence-electron chi connectivity index (χ0n) is 16.7. The van der Waals surface area contributed by atoms with Crippen LogP contribution in [0.3, 0.4) is 0 Å². The average molecular weight is 416 g/mol. The second kappa shape index (κ2) is 9.93. The first-order valence-electron chi connectivity index (χ1n) is 9.32. The van der Waals surface area contributed by atoms with Gasteiger partial charge in [0.1, 0.15) is 5.84 Å². The minimum Gasteiger partial charge on any atom is -0.385 e. The Hall–Kier alpha value is -3.06. The van der Waals surface area contributed by atoms with E-state index in [1.54, 1.807) is 44.2 Å². The summed E-state index contributed by atoms with van der Waals surface area (Å²) in [6, 6.07) is 10.1. The molecule has 0 aliphatic heterocycles. The predicted octanol–water partition coefficient (Wildman–Crippen LogP) is 3.58. The maximum absolute atomic E-state index is 12.6. The number of hydrogen-bond acceptors (Lipinski definition) is 4. The molecule has 0 fully saturated rings. The van der Waals surface area contributed by atoms with E-state index < -0.39 is 0 Å². The first-order valence-corrected chi connectivity index (χ1v) is 9.70. The number of halogens is 1. The number of nitrogen functional groups attached to an aromatic ring is 1. The Morgan fingerprint density at radius 1 is 1.14 bits per heavy atom. The highest BCUT2D eigenvalue weighted by molar-refractivity contribution is 6.31. The van der Waals surface area contributed by atoms with Gasteiger partial charge in [-0.3, -0.25) is 15.0 Å². The van der Waals surface area contributed by atoms with Gasteiger partial charge in [0, 0.05) is 46.5 Å². The van der Waals surface area contributed by atoms with Gasteiger partial charge in [0.15, 0.2) is 0 Å². The summed E-state index contributed by atoms with van der Waals surface area (Å²) in [6.07, 6.45) is 0. The van der Waals surface area contributed by atoms with Gasteiger partial charge in [-0.15, -0.1) is 0 Å². The maximum Gasteiger partial charge on any atom is 0.251 e. The van der Waals surface area contributed by atoms with Crippen LogP contribution >= 0.6 is 11.6 Å².